The third kappa shape index (κ3) is 3.38. The molecule has 4 rings (SSSR count). The lowest BCUT2D eigenvalue weighted by molar-refractivity contribution is -0.138. The van der Waals surface area contributed by atoms with Crippen molar-refractivity contribution >= 4 is 17.5 Å². The van der Waals surface area contributed by atoms with E-state index in [1.54, 1.807) is 0 Å². The molecule has 0 atom stereocenters. The summed E-state index contributed by atoms with van der Waals surface area (Å²) in [6, 6.07) is 7.46. The molecule has 0 radical (unpaired) electrons. The van der Waals surface area contributed by atoms with Crippen molar-refractivity contribution in [3.63, 3.8) is 0 Å². The lowest BCUT2D eigenvalue weighted by Crippen LogP contribution is -2.46. The summed E-state index contributed by atoms with van der Waals surface area (Å²) in [6.07, 6.45) is 3.91. The van der Waals surface area contributed by atoms with Crippen molar-refractivity contribution < 1.29 is 13.9 Å². The van der Waals surface area contributed by atoms with Gasteiger partial charge in [-0.25, -0.2) is 4.98 Å². The highest BCUT2D eigenvalue weighted by atomic mass is 35.5. The van der Waals surface area contributed by atoms with Gasteiger partial charge in [0.05, 0.1) is 17.7 Å². The van der Waals surface area contributed by atoms with E-state index in [-0.39, 0.29) is 11.3 Å². The molecule has 1 saturated carbocycles. The number of amides is 1. The van der Waals surface area contributed by atoms with Crippen LogP contribution in [0.5, 0.6) is 0 Å². The Labute approximate surface area is 158 Å². The molecule has 26 heavy (non-hydrogen) atoms. The molecule has 138 valence electrons. The monoisotopic (exact) mass is 374 g/mol. The Bertz CT molecular complexity index is 790. The van der Waals surface area contributed by atoms with E-state index < -0.39 is 0 Å². The van der Waals surface area contributed by atoms with Gasteiger partial charge in [-0.1, -0.05) is 11.6 Å². The fraction of sp³-hybridized carbons (Fsp3) is 0.500. The molecule has 1 aliphatic carbocycles. The summed E-state index contributed by atoms with van der Waals surface area (Å²) in [5, 5.41) is 3.74. The normalized spacial score (nSPS) is 19.3. The van der Waals surface area contributed by atoms with E-state index in [4.69, 9.17) is 20.8 Å². The van der Waals surface area contributed by atoms with E-state index in [9.17, 15) is 4.79 Å². The molecule has 2 aromatic rings. The third-order valence-electron chi connectivity index (χ3n) is 5.54. The highest BCUT2D eigenvalue weighted by molar-refractivity contribution is 6.30. The number of carbonyl (C=O) groups excluding carboxylic acids is 1. The molecule has 1 aromatic carbocycles. The molecule has 1 saturated heterocycles. The van der Waals surface area contributed by atoms with Crippen LogP contribution in [0.3, 0.4) is 0 Å². The van der Waals surface area contributed by atoms with E-state index in [0.29, 0.717) is 42.4 Å². The number of hydrogen-bond donors (Lipinski definition) is 1. The number of ether oxygens (including phenoxy) is 1. The maximum absolute atomic E-state index is 12.9. The molecule has 1 amide bonds. The Morgan fingerprint density at radius 3 is 2.62 bits per heavy atom. The zero-order chi connectivity index (χ0) is 18.1. The Morgan fingerprint density at radius 1 is 1.27 bits per heavy atom. The summed E-state index contributed by atoms with van der Waals surface area (Å²) in [5.41, 5.74) is 1.47. The molecule has 5 nitrogen and oxygen atoms in total. The van der Waals surface area contributed by atoms with Crippen LogP contribution in [0.1, 0.15) is 37.3 Å². The number of rotatable bonds is 5. The second kappa shape index (κ2) is 7.05. The second-order valence-corrected chi connectivity index (χ2v) is 7.69. The lowest BCUT2D eigenvalue weighted by atomic mass is 9.75. The van der Waals surface area contributed by atoms with E-state index in [1.165, 1.54) is 0 Å². The van der Waals surface area contributed by atoms with Gasteiger partial charge in [0.25, 0.3) is 0 Å². The molecule has 6 heteroatoms. The first-order chi connectivity index (χ1) is 12.6. The van der Waals surface area contributed by atoms with Crippen molar-refractivity contribution in [3.8, 4) is 11.3 Å². The Morgan fingerprint density at radius 2 is 1.96 bits per heavy atom. The minimum Gasteiger partial charge on any atom is -0.438 e. The fourth-order valence-corrected chi connectivity index (χ4v) is 4.05. The summed E-state index contributed by atoms with van der Waals surface area (Å²) in [5.74, 6) is 1.86. The second-order valence-electron chi connectivity index (χ2n) is 7.25. The van der Waals surface area contributed by atoms with Crippen molar-refractivity contribution in [1.82, 2.24) is 10.3 Å². The Kier molecular flexibility index (Phi) is 4.76. The van der Waals surface area contributed by atoms with Crippen LogP contribution in [0.4, 0.5) is 0 Å². The number of nitrogens with zero attached hydrogens (tertiary/aromatic N) is 1. The van der Waals surface area contributed by atoms with E-state index in [2.05, 4.69) is 10.3 Å². The van der Waals surface area contributed by atoms with Crippen LogP contribution in [0, 0.1) is 18.3 Å². The fourth-order valence-electron chi connectivity index (χ4n) is 3.92. The SMILES string of the molecule is Cc1nc(CNC(=O)C2(C3CC3)CCOCC2)oc1-c1ccc(Cl)cc1. The minimum absolute atomic E-state index is 0.118. The summed E-state index contributed by atoms with van der Waals surface area (Å²) in [6.45, 7) is 3.55. The van der Waals surface area contributed by atoms with Gasteiger partial charge in [0, 0.05) is 23.8 Å². The standard InChI is InChI=1S/C20H23ClN2O3/c1-13-18(14-2-6-16(21)7-3-14)26-17(23-13)12-22-19(24)20(15-4-5-15)8-10-25-11-9-20/h2-3,6-7,15H,4-5,8-12H2,1H3,(H,22,24). The van der Waals surface area contributed by atoms with Gasteiger partial charge in [-0.15, -0.1) is 0 Å². The van der Waals surface area contributed by atoms with Gasteiger partial charge in [-0.05, 0) is 62.8 Å². The van der Waals surface area contributed by atoms with Crippen LogP contribution in [-0.2, 0) is 16.1 Å². The number of hydrogen-bond acceptors (Lipinski definition) is 4. The molecule has 1 aromatic heterocycles. The number of aromatic nitrogens is 1. The number of benzene rings is 1. The van der Waals surface area contributed by atoms with Gasteiger partial charge in [-0.3, -0.25) is 4.79 Å². The molecule has 1 aliphatic heterocycles. The first kappa shape index (κ1) is 17.6. The molecular weight excluding hydrogens is 352 g/mol. The number of aryl methyl sites for hydroxylation is 1. The van der Waals surface area contributed by atoms with Crippen molar-refractivity contribution in [2.24, 2.45) is 11.3 Å². The molecule has 2 heterocycles. The number of oxazole rings is 1. The zero-order valence-corrected chi connectivity index (χ0v) is 15.6. The average Bonchev–Trinajstić information content (AvgIpc) is 3.45. The number of carbonyl (C=O) groups is 1. The maximum Gasteiger partial charge on any atom is 0.227 e. The molecule has 0 spiro atoms. The van der Waals surface area contributed by atoms with Crippen molar-refractivity contribution in [2.75, 3.05) is 13.2 Å². The Balaban J connectivity index is 1.45. The number of halogens is 1. The molecule has 1 N–H and O–H groups in total. The smallest absolute Gasteiger partial charge is 0.227 e. The summed E-state index contributed by atoms with van der Waals surface area (Å²) in [4.78, 5) is 17.4. The first-order valence-corrected chi connectivity index (χ1v) is 9.54. The first-order valence-electron chi connectivity index (χ1n) is 9.17. The quantitative estimate of drug-likeness (QED) is 0.854. The maximum atomic E-state index is 12.9. The van der Waals surface area contributed by atoms with Crippen molar-refractivity contribution in [2.45, 2.75) is 39.2 Å². The van der Waals surface area contributed by atoms with Crippen LogP contribution in [-0.4, -0.2) is 24.1 Å². The minimum atomic E-state index is -0.265. The topological polar surface area (TPSA) is 64.4 Å². The molecule has 2 fully saturated rings. The summed E-state index contributed by atoms with van der Waals surface area (Å²) in [7, 11) is 0. The van der Waals surface area contributed by atoms with Gasteiger partial charge in [-0.2, -0.15) is 0 Å². The van der Waals surface area contributed by atoms with E-state index in [0.717, 1.165) is 36.9 Å². The third-order valence-corrected chi connectivity index (χ3v) is 5.80. The molecule has 2 aliphatic rings. The van der Waals surface area contributed by atoms with E-state index >= 15 is 0 Å². The number of nitrogens with one attached hydrogen (secondary N) is 1. The molecular formula is C20H23ClN2O3. The predicted octanol–water partition coefficient (Wildman–Crippen LogP) is 4.13. The van der Waals surface area contributed by atoms with E-state index in [1.807, 2.05) is 31.2 Å². The van der Waals surface area contributed by atoms with Gasteiger partial charge in [0.15, 0.2) is 5.76 Å². The average molecular weight is 375 g/mol. The van der Waals surface area contributed by atoms with Gasteiger partial charge >= 0.3 is 0 Å². The van der Waals surface area contributed by atoms with Crippen molar-refractivity contribution in [3.05, 3.63) is 40.9 Å². The summed E-state index contributed by atoms with van der Waals surface area (Å²) >= 11 is 5.94. The van der Waals surface area contributed by atoms with Crippen molar-refractivity contribution in [1.29, 1.82) is 0 Å². The highest BCUT2D eigenvalue weighted by Gasteiger charge is 2.51. The van der Waals surface area contributed by atoms with Crippen LogP contribution in [0.25, 0.3) is 11.3 Å². The van der Waals surface area contributed by atoms with Crippen LogP contribution in [0.2, 0.25) is 5.02 Å². The summed E-state index contributed by atoms with van der Waals surface area (Å²) < 4.78 is 11.4. The van der Waals surface area contributed by atoms with Crippen LogP contribution < -0.4 is 5.32 Å². The van der Waals surface area contributed by atoms with Gasteiger partial charge < -0.3 is 14.5 Å². The molecule has 0 unspecified atom stereocenters. The van der Waals surface area contributed by atoms with Crippen LogP contribution >= 0.6 is 11.6 Å². The van der Waals surface area contributed by atoms with Gasteiger partial charge in [0.1, 0.15) is 0 Å². The predicted molar refractivity (Wildman–Crippen MR) is 98.7 cm³/mol. The van der Waals surface area contributed by atoms with Crippen LogP contribution in [0.15, 0.2) is 28.7 Å². The highest BCUT2D eigenvalue weighted by Crippen LogP contribution is 2.51. The zero-order valence-electron chi connectivity index (χ0n) is 14.9. The lowest BCUT2D eigenvalue weighted by Gasteiger charge is -2.35. The molecule has 0 bridgehead atoms. The Hall–Kier alpha value is -1.85. The van der Waals surface area contributed by atoms with Gasteiger partial charge in [0.2, 0.25) is 11.8 Å². The largest absolute Gasteiger partial charge is 0.438 e.